The van der Waals surface area contributed by atoms with E-state index in [1.807, 2.05) is 35.1 Å². The van der Waals surface area contributed by atoms with Crippen molar-refractivity contribution in [3.05, 3.63) is 67.1 Å². The Morgan fingerprint density at radius 2 is 1.97 bits per heavy atom. The van der Waals surface area contributed by atoms with Gasteiger partial charge in [0.2, 0.25) is 0 Å². The fraction of sp³-hybridized carbons (Fsp3) is 0.174. The second-order valence-corrected chi connectivity index (χ2v) is 7.44. The van der Waals surface area contributed by atoms with Crippen LogP contribution in [0.5, 0.6) is 11.5 Å². The second kappa shape index (κ2) is 10.0. The number of methoxy groups -OCH3 is 2. The molecule has 168 valence electrons. The average Bonchev–Trinajstić information content (AvgIpc) is 3.30. The Bertz CT molecular complexity index is 1310. The van der Waals surface area contributed by atoms with Gasteiger partial charge in [0, 0.05) is 18.3 Å². The molecule has 0 saturated carbocycles. The lowest BCUT2D eigenvalue weighted by Gasteiger charge is -2.09. The molecule has 0 fully saturated rings. The molecule has 0 aliphatic rings. The number of thiocarbonyl (C=S) groups is 1. The molecule has 0 aliphatic carbocycles. The quantitative estimate of drug-likeness (QED) is 0.302. The van der Waals surface area contributed by atoms with Crippen molar-refractivity contribution in [1.29, 1.82) is 0 Å². The van der Waals surface area contributed by atoms with E-state index in [2.05, 4.69) is 37.3 Å². The monoisotopic (exact) mass is 461 g/mol. The molecule has 0 amide bonds. The predicted octanol–water partition coefficient (Wildman–Crippen LogP) is 3.43. The summed E-state index contributed by atoms with van der Waals surface area (Å²) in [4.78, 5) is 13.7. The Balaban J connectivity index is 1.53. The first kappa shape index (κ1) is 22.2. The molecular weight excluding hydrogens is 438 g/mol. The Morgan fingerprint density at radius 1 is 1.12 bits per heavy atom. The third kappa shape index (κ3) is 5.24. The molecule has 0 aliphatic heterocycles. The molecule has 0 unspecified atom stereocenters. The molecular formula is C23H23N7O2S. The van der Waals surface area contributed by atoms with Crippen LogP contribution >= 0.6 is 12.2 Å². The molecule has 3 heterocycles. The van der Waals surface area contributed by atoms with Gasteiger partial charge in [0.25, 0.3) is 0 Å². The number of hydrogen-bond acceptors (Lipinski definition) is 7. The lowest BCUT2D eigenvalue weighted by atomic mass is 10.2. The maximum atomic E-state index is 5.38. The van der Waals surface area contributed by atoms with E-state index in [1.54, 1.807) is 38.8 Å². The van der Waals surface area contributed by atoms with E-state index in [-0.39, 0.29) is 0 Å². The number of fused-ring (bicyclic) bond motifs is 1. The first-order chi connectivity index (χ1) is 16.1. The summed E-state index contributed by atoms with van der Waals surface area (Å²) in [6.07, 6.45) is 7.12. The first-order valence-corrected chi connectivity index (χ1v) is 10.5. The molecule has 4 aromatic rings. The molecule has 0 atom stereocenters. The molecule has 10 heteroatoms. The summed E-state index contributed by atoms with van der Waals surface area (Å²) in [7, 11) is 3.23. The summed E-state index contributed by atoms with van der Waals surface area (Å²) in [6.45, 7) is 4.80. The van der Waals surface area contributed by atoms with Gasteiger partial charge in [-0.1, -0.05) is 12.1 Å². The standard InChI is InChI=1S/C23H23N7O2S/c1-4-9-24-23(33)29-21-8-6-17-22(28-21)27-18(12-25-17)16-11-26-30(14-16)13-15-5-7-19(31-2)20(10-15)32-3/h4-8,10-12,14H,1,9,13H2,2-3H3,(H2,24,27,28,29,33). The smallest absolute Gasteiger partial charge is 0.180 e. The minimum Gasteiger partial charge on any atom is -0.493 e. The number of rotatable bonds is 8. The number of ether oxygens (including phenoxy) is 2. The van der Waals surface area contributed by atoms with E-state index in [0.717, 1.165) is 11.1 Å². The minimum atomic E-state index is 0.460. The topological polar surface area (TPSA) is 99.0 Å². The second-order valence-electron chi connectivity index (χ2n) is 7.03. The van der Waals surface area contributed by atoms with Crippen molar-refractivity contribution in [2.45, 2.75) is 6.54 Å². The fourth-order valence-electron chi connectivity index (χ4n) is 3.18. The zero-order chi connectivity index (χ0) is 23.2. The van der Waals surface area contributed by atoms with Gasteiger partial charge in [0.15, 0.2) is 22.3 Å². The number of anilines is 1. The van der Waals surface area contributed by atoms with Crippen molar-refractivity contribution in [3.63, 3.8) is 0 Å². The number of hydrogen-bond donors (Lipinski definition) is 2. The van der Waals surface area contributed by atoms with E-state index < -0.39 is 0 Å². The lowest BCUT2D eigenvalue weighted by Crippen LogP contribution is -2.28. The summed E-state index contributed by atoms with van der Waals surface area (Å²) in [6, 6.07) is 9.44. The summed E-state index contributed by atoms with van der Waals surface area (Å²) in [5, 5.41) is 11.0. The molecule has 9 nitrogen and oxygen atoms in total. The fourth-order valence-corrected chi connectivity index (χ4v) is 3.37. The zero-order valence-electron chi connectivity index (χ0n) is 18.3. The maximum absolute atomic E-state index is 5.38. The highest BCUT2D eigenvalue weighted by Gasteiger charge is 2.10. The highest BCUT2D eigenvalue weighted by Crippen LogP contribution is 2.28. The van der Waals surface area contributed by atoms with E-state index in [1.165, 1.54) is 0 Å². The van der Waals surface area contributed by atoms with Gasteiger partial charge in [-0.15, -0.1) is 6.58 Å². The summed E-state index contributed by atoms with van der Waals surface area (Å²) in [5.41, 5.74) is 3.75. The van der Waals surface area contributed by atoms with E-state index in [9.17, 15) is 0 Å². The highest BCUT2D eigenvalue weighted by atomic mass is 32.1. The summed E-state index contributed by atoms with van der Waals surface area (Å²) in [5.74, 6) is 1.95. The molecule has 0 saturated heterocycles. The van der Waals surface area contributed by atoms with Gasteiger partial charge < -0.3 is 20.1 Å². The number of nitrogens with zero attached hydrogens (tertiary/aromatic N) is 5. The maximum Gasteiger partial charge on any atom is 0.180 e. The Morgan fingerprint density at radius 3 is 2.76 bits per heavy atom. The van der Waals surface area contributed by atoms with Gasteiger partial charge in [-0.25, -0.2) is 9.97 Å². The number of benzene rings is 1. The normalized spacial score (nSPS) is 10.6. The molecule has 0 spiro atoms. The van der Waals surface area contributed by atoms with Crippen LogP contribution in [0.25, 0.3) is 22.4 Å². The molecule has 33 heavy (non-hydrogen) atoms. The summed E-state index contributed by atoms with van der Waals surface area (Å²) >= 11 is 5.24. The van der Waals surface area contributed by atoms with Gasteiger partial charge >= 0.3 is 0 Å². The van der Waals surface area contributed by atoms with Crippen molar-refractivity contribution in [2.75, 3.05) is 26.1 Å². The number of nitrogens with one attached hydrogen (secondary N) is 2. The van der Waals surface area contributed by atoms with Crippen LogP contribution in [0.2, 0.25) is 0 Å². The lowest BCUT2D eigenvalue weighted by molar-refractivity contribution is 0.354. The zero-order valence-corrected chi connectivity index (χ0v) is 19.1. The van der Waals surface area contributed by atoms with Crippen molar-refractivity contribution >= 4 is 34.3 Å². The van der Waals surface area contributed by atoms with Crippen LogP contribution in [0.1, 0.15) is 5.56 Å². The molecule has 1 aromatic carbocycles. The molecule has 3 aromatic heterocycles. The van der Waals surface area contributed by atoms with Crippen LogP contribution in [0, 0.1) is 0 Å². The Kier molecular flexibility index (Phi) is 6.75. The van der Waals surface area contributed by atoms with Crippen LogP contribution in [0.15, 0.2) is 61.6 Å². The Hall–Kier alpha value is -4.05. The van der Waals surface area contributed by atoms with E-state index in [0.29, 0.717) is 52.4 Å². The molecule has 4 rings (SSSR count). The van der Waals surface area contributed by atoms with Gasteiger partial charge in [0.05, 0.1) is 38.9 Å². The van der Waals surface area contributed by atoms with Crippen molar-refractivity contribution in [1.82, 2.24) is 30.0 Å². The highest BCUT2D eigenvalue weighted by molar-refractivity contribution is 7.80. The van der Waals surface area contributed by atoms with E-state index in [4.69, 9.17) is 21.7 Å². The SMILES string of the molecule is C=CCNC(=S)Nc1ccc2ncc(-c3cnn(Cc4ccc(OC)c(OC)c4)c3)nc2n1. The average molecular weight is 462 g/mol. The minimum absolute atomic E-state index is 0.460. The largest absolute Gasteiger partial charge is 0.493 e. The van der Waals surface area contributed by atoms with Crippen LogP contribution in [-0.2, 0) is 6.54 Å². The van der Waals surface area contributed by atoms with Gasteiger partial charge in [-0.3, -0.25) is 9.67 Å². The van der Waals surface area contributed by atoms with Gasteiger partial charge in [-0.05, 0) is 42.0 Å². The Labute approximate surface area is 196 Å². The first-order valence-electron chi connectivity index (χ1n) is 10.1. The number of pyridine rings is 1. The van der Waals surface area contributed by atoms with Crippen LogP contribution < -0.4 is 20.1 Å². The van der Waals surface area contributed by atoms with Crippen molar-refractivity contribution in [2.24, 2.45) is 0 Å². The van der Waals surface area contributed by atoms with Crippen molar-refractivity contribution in [3.8, 4) is 22.8 Å². The summed E-state index contributed by atoms with van der Waals surface area (Å²) < 4.78 is 12.5. The third-order valence-corrected chi connectivity index (χ3v) is 5.02. The predicted molar refractivity (Wildman–Crippen MR) is 132 cm³/mol. The molecule has 0 bridgehead atoms. The molecule has 2 N–H and O–H groups in total. The van der Waals surface area contributed by atoms with Crippen molar-refractivity contribution < 1.29 is 9.47 Å². The molecule has 0 radical (unpaired) electrons. The van der Waals surface area contributed by atoms with Crippen LogP contribution in [0.4, 0.5) is 5.82 Å². The van der Waals surface area contributed by atoms with Gasteiger partial charge in [-0.2, -0.15) is 5.10 Å². The van der Waals surface area contributed by atoms with Crippen LogP contribution in [-0.4, -0.2) is 50.6 Å². The number of aromatic nitrogens is 5. The van der Waals surface area contributed by atoms with Crippen LogP contribution in [0.3, 0.4) is 0 Å². The third-order valence-electron chi connectivity index (χ3n) is 4.78. The van der Waals surface area contributed by atoms with Gasteiger partial charge in [0.1, 0.15) is 11.3 Å². The van der Waals surface area contributed by atoms with E-state index >= 15 is 0 Å².